The minimum Gasteiger partial charge on any atom is -0.492 e. The largest absolute Gasteiger partial charge is 0.498 e. The normalized spacial score (nSPS) is 24.1. The molecule has 72 valence electrons. The highest BCUT2D eigenvalue weighted by Crippen LogP contribution is 2.29. The molecular weight excluding hydrogens is 179 g/mol. The summed E-state index contributed by atoms with van der Waals surface area (Å²) in [4.78, 5) is 0. The molecule has 1 aromatic rings. The molecule has 4 heteroatoms. The Labute approximate surface area is 83.1 Å². The monoisotopic (exact) mass is 190 g/mol. The van der Waals surface area contributed by atoms with Gasteiger partial charge in [0.1, 0.15) is 12.4 Å². The van der Waals surface area contributed by atoms with E-state index in [0.717, 1.165) is 11.2 Å². The molecule has 0 radical (unpaired) electrons. The van der Waals surface area contributed by atoms with E-state index in [9.17, 15) is 0 Å². The molecule has 0 fully saturated rings. The minimum absolute atomic E-state index is 0.108. The van der Waals surface area contributed by atoms with Gasteiger partial charge in [-0.15, -0.1) is 0 Å². The number of hydrogen-bond donors (Lipinski definition) is 0. The maximum absolute atomic E-state index is 5.69. The highest BCUT2D eigenvalue weighted by atomic mass is 16.6. The fourth-order valence-electron chi connectivity index (χ4n) is 2.05. The quantitative estimate of drug-likeness (QED) is 0.568. The molecule has 2 aliphatic heterocycles. The van der Waals surface area contributed by atoms with Gasteiger partial charge in [0.15, 0.2) is 0 Å². The van der Waals surface area contributed by atoms with Crippen molar-refractivity contribution in [2.24, 2.45) is 0 Å². The Balaban J connectivity index is 2.17. The third-order valence-electron chi connectivity index (χ3n) is 2.71. The maximum Gasteiger partial charge on any atom is 0.498 e. The van der Waals surface area contributed by atoms with Gasteiger partial charge >= 0.3 is 7.12 Å². The van der Waals surface area contributed by atoms with Gasteiger partial charge in [-0.05, 0) is 18.6 Å². The van der Waals surface area contributed by atoms with Crippen LogP contribution in [-0.4, -0.2) is 20.3 Å². The summed E-state index contributed by atoms with van der Waals surface area (Å²) < 4.78 is 16.8. The van der Waals surface area contributed by atoms with E-state index in [1.165, 1.54) is 5.56 Å². The molecule has 0 spiro atoms. The predicted molar refractivity (Wildman–Crippen MR) is 52.8 cm³/mol. The summed E-state index contributed by atoms with van der Waals surface area (Å²) in [6.07, 6.45) is 0.108. The molecule has 0 saturated heterocycles. The number of benzene rings is 1. The van der Waals surface area contributed by atoms with Crippen molar-refractivity contribution in [3.8, 4) is 5.75 Å². The Morgan fingerprint density at radius 1 is 1.36 bits per heavy atom. The highest BCUT2D eigenvalue weighted by molar-refractivity contribution is 6.64. The van der Waals surface area contributed by atoms with Crippen LogP contribution in [0, 0.1) is 0 Å². The van der Waals surface area contributed by atoms with Crippen LogP contribution < -0.4 is 10.2 Å². The molecule has 0 bridgehead atoms. The standard InChI is InChI=1S/C10H11BO3/c1-7-8-3-2-4-9-10(8)11(14-7)13-6-5-12-9/h2-4,7H,5-6H2,1H3. The van der Waals surface area contributed by atoms with Gasteiger partial charge in [0.05, 0.1) is 12.7 Å². The molecule has 0 saturated carbocycles. The second kappa shape index (κ2) is 3.00. The summed E-state index contributed by atoms with van der Waals surface area (Å²) in [6, 6.07) is 6.05. The smallest absolute Gasteiger partial charge is 0.492 e. The second-order valence-electron chi connectivity index (χ2n) is 3.59. The van der Waals surface area contributed by atoms with Crippen LogP contribution in [0.5, 0.6) is 5.75 Å². The molecule has 1 unspecified atom stereocenters. The van der Waals surface area contributed by atoms with Crippen LogP contribution in [0.4, 0.5) is 0 Å². The van der Waals surface area contributed by atoms with Gasteiger partial charge in [-0.2, -0.15) is 0 Å². The van der Waals surface area contributed by atoms with E-state index in [1.54, 1.807) is 0 Å². The number of rotatable bonds is 0. The summed E-state index contributed by atoms with van der Waals surface area (Å²) >= 11 is 0. The lowest BCUT2D eigenvalue weighted by atomic mass is 9.78. The van der Waals surface area contributed by atoms with Crippen molar-refractivity contribution in [2.45, 2.75) is 13.0 Å². The molecular formula is C10H11BO3. The van der Waals surface area contributed by atoms with Crippen molar-refractivity contribution < 1.29 is 14.0 Å². The van der Waals surface area contributed by atoms with E-state index >= 15 is 0 Å². The van der Waals surface area contributed by atoms with Crippen LogP contribution in [0.2, 0.25) is 0 Å². The fraction of sp³-hybridized carbons (Fsp3) is 0.400. The van der Waals surface area contributed by atoms with Crippen LogP contribution >= 0.6 is 0 Å². The van der Waals surface area contributed by atoms with E-state index in [0.29, 0.717) is 13.2 Å². The molecule has 1 aromatic carbocycles. The zero-order valence-corrected chi connectivity index (χ0v) is 8.03. The molecule has 1 atom stereocenters. The Hall–Kier alpha value is -0.995. The SMILES string of the molecule is CC1OB2OCCOc3cccc1c32. The van der Waals surface area contributed by atoms with Crippen LogP contribution in [0.15, 0.2) is 18.2 Å². The number of hydrogen-bond acceptors (Lipinski definition) is 3. The fourth-order valence-corrected chi connectivity index (χ4v) is 2.05. The van der Waals surface area contributed by atoms with E-state index in [4.69, 9.17) is 14.0 Å². The number of ether oxygens (including phenoxy) is 1. The van der Waals surface area contributed by atoms with Gasteiger partial charge in [-0.3, -0.25) is 0 Å². The first-order valence-corrected chi connectivity index (χ1v) is 4.89. The summed E-state index contributed by atoms with van der Waals surface area (Å²) in [5.74, 6) is 0.911. The van der Waals surface area contributed by atoms with Crippen LogP contribution in [-0.2, 0) is 9.31 Å². The lowest BCUT2D eigenvalue weighted by molar-refractivity contribution is 0.153. The summed E-state index contributed by atoms with van der Waals surface area (Å²) in [7, 11) is -0.223. The molecule has 0 amide bonds. The molecule has 3 rings (SSSR count). The van der Waals surface area contributed by atoms with Crippen molar-refractivity contribution in [3.63, 3.8) is 0 Å². The molecule has 2 aliphatic rings. The first-order chi connectivity index (χ1) is 6.86. The van der Waals surface area contributed by atoms with E-state index in [2.05, 4.69) is 6.07 Å². The molecule has 3 nitrogen and oxygen atoms in total. The van der Waals surface area contributed by atoms with Gasteiger partial charge in [0, 0.05) is 5.46 Å². The Kier molecular flexibility index (Phi) is 1.79. The van der Waals surface area contributed by atoms with Gasteiger partial charge in [-0.1, -0.05) is 12.1 Å². The third kappa shape index (κ3) is 1.08. The topological polar surface area (TPSA) is 27.7 Å². The molecule has 2 heterocycles. The lowest BCUT2D eigenvalue weighted by Crippen LogP contribution is -2.31. The van der Waals surface area contributed by atoms with Crippen molar-refractivity contribution >= 4 is 12.6 Å². The van der Waals surface area contributed by atoms with Gasteiger partial charge in [0.25, 0.3) is 0 Å². The highest BCUT2D eigenvalue weighted by Gasteiger charge is 2.39. The van der Waals surface area contributed by atoms with E-state index < -0.39 is 0 Å². The van der Waals surface area contributed by atoms with E-state index in [-0.39, 0.29) is 13.2 Å². The Morgan fingerprint density at radius 3 is 3.21 bits per heavy atom. The van der Waals surface area contributed by atoms with Crippen molar-refractivity contribution in [1.82, 2.24) is 0 Å². The maximum atomic E-state index is 5.69. The van der Waals surface area contributed by atoms with Gasteiger partial charge in [0.2, 0.25) is 0 Å². The molecule has 0 aromatic heterocycles. The summed E-state index contributed by atoms with van der Waals surface area (Å²) in [6.45, 7) is 3.23. The zero-order chi connectivity index (χ0) is 9.54. The molecule has 0 aliphatic carbocycles. The van der Waals surface area contributed by atoms with Crippen molar-refractivity contribution in [1.29, 1.82) is 0 Å². The van der Waals surface area contributed by atoms with Crippen LogP contribution in [0.1, 0.15) is 18.6 Å². The summed E-state index contributed by atoms with van der Waals surface area (Å²) in [5.41, 5.74) is 2.27. The lowest BCUT2D eigenvalue weighted by Gasteiger charge is -2.08. The Bertz CT molecular complexity index is 366. The average Bonchev–Trinajstić information content (AvgIpc) is 2.41. The molecule has 0 N–H and O–H groups in total. The first kappa shape index (κ1) is 8.32. The minimum atomic E-state index is -0.223. The molecule has 14 heavy (non-hydrogen) atoms. The summed E-state index contributed by atoms with van der Waals surface area (Å²) in [5, 5.41) is 0. The van der Waals surface area contributed by atoms with Crippen LogP contribution in [0.3, 0.4) is 0 Å². The first-order valence-electron chi connectivity index (χ1n) is 4.89. The van der Waals surface area contributed by atoms with Crippen molar-refractivity contribution in [2.75, 3.05) is 13.2 Å². The second-order valence-corrected chi connectivity index (χ2v) is 3.59. The van der Waals surface area contributed by atoms with Gasteiger partial charge in [-0.25, -0.2) is 0 Å². The van der Waals surface area contributed by atoms with E-state index in [1.807, 2.05) is 19.1 Å². The average molecular weight is 190 g/mol. The Morgan fingerprint density at radius 2 is 2.29 bits per heavy atom. The van der Waals surface area contributed by atoms with Crippen LogP contribution in [0.25, 0.3) is 0 Å². The third-order valence-corrected chi connectivity index (χ3v) is 2.71. The van der Waals surface area contributed by atoms with Crippen molar-refractivity contribution in [3.05, 3.63) is 23.8 Å². The predicted octanol–water partition coefficient (Wildman–Crippen LogP) is 0.882. The van der Waals surface area contributed by atoms with Gasteiger partial charge < -0.3 is 14.0 Å². The zero-order valence-electron chi connectivity index (χ0n) is 8.03.